The first kappa shape index (κ1) is 57.1. The van der Waals surface area contributed by atoms with Gasteiger partial charge in [-0.3, -0.25) is 0 Å². The van der Waals surface area contributed by atoms with Crippen molar-refractivity contribution in [1.82, 2.24) is 13.7 Å². The molecular formula is C90H59N3S3. The summed E-state index contributed by atoms with van der Waals surface area (Å²) in [4.78, 5) is 3.94. The summed E-state index contributed by atoms with van der Waals surface area (Å²) in [6.45, 7) is 0. The van der Waals surface area contributed by atoms with Gasteiger partial charge < -0.3 is 13.7 Å². The first-order chi connectivity index (χ1) is 47.6. The quantitative estimate of drug-likeness (QED) is 0.144. The minimum Gasteiger partial charge on any atom is -0.309 e. The first-order valence-corrected chi connectivity index (χ1v) is 35.0. The van der Waals surface area contributed by atoms with Crippen molar-refractivity contribution in [1.29, 1.82) is 0 Å². The highest BCUT2D eigenvalue weighted by atomic mass is 32.1. The number of benzene rings is 14. The third-order valence-electron chi connectivity index (χ3n) is 18.6. The van der Waals surface area contributed by atoms with E-state index in [1.54, 1.807) is 0 Å². The molecule has 0 fully saturated rings. The Hall–Kier alpha value is -11.6. The molecule has 452 valence electrons. The average Bonchev–Trinajstić information content (AvgIpc) is 1.59. The van der Waals surface area contributed by atoms with Crippen molar-refractivity contribution >= 4 is 130 Å². The van der Waals surface area contributed by atoms with Crippen molar-refractivity contribution in [2.24, 2.45) is 0 Å². The number of para-hydroxylation sites is 4. The van der Waals surface area contributed by atoms with E-state index < -0.39 is 0 Å². The lowest BCUT2D eigenvalue weighted by Gasteiger charge is -2.10. The van der Waals surface area contributed by atoms with Gasteiger partial charge in [-0.2, -0.15) is 0 Å². The second kappa shape index (κ2) is 24.4. The fourth-order valence-corrected chi connectivity index (χ4v) is 17.8. The molecule has 0 atom stereocenters. The molecule has 0 aliphatic heterocycles. The van der Waals surface area contributed by atoms with Gasteiger partial charge in [0.1, 0.15) is 0 Å². The maximum Gasteiger partial charge on any atom is 0.0555 e. The minimum absolute atomic E-state index is 1.19. The number of thiophene rings is 3. The molecule has 20 rings (SSSR count). The molecule has 20 aromatic rings. The van der Waals surface area contributed by atoms with Gasteiger partial charge >= 0.3 is 0 Å². The van der Waals surface area contributed by atoms with E-state index in [0.29, 0.717) is 0 Å². The van der Waals surface area contributed by atoms with E-state index >= 15 is 0 Å². The van der Waals surface area contributed by atoms with Gasteiger partial charge in [-0.1, -0.05) is 267 Å². The summed E-state index contributed by atoms with van der Waals surface area (Å²) < 4.78 is 11.3. The van der Waals surface area contributed by atoms with E-state index in [-0.39, 0.29) is 0 Å². The number of nitrogens with zero attached hydrogens (tertiary/aromatic N) is 3. The summed E-state index contributed by atoms with van der Waals surface area (Å²) in [5, 5.41) is 11.9. The van der Waals surface area contributed by atoms with Gasteiger partial charge in [-0.15, -0.1) is 34.0 Å². The Morgan fingerprint density at radius 3 is 0.844 bits per heavy atom. The van der Waals surface area contributed by atoms with Gasteiger partial charge in [0.2, 0.25) is 0 Å². The van der Waals surface area contributed by atoms with E-state index in [1.165, 1.54) is 166 Å². The number of aromatic nitrogens is 3. The van der Waals surface area contributed by atoms with Crippen molar-refractivity contribution in [2.45, 2.75) is 0 Å². The van der Waals surface area contributed by atoms with E-state index in [1.807, 2.05) is 34.0 Å². The maximum absolute atomic E-state index is 2.42. The van der Waals surface area contributed by atoms with Crippen molar-refractivity contribution < 1.29 is 0 Å². The van der Waals surface area contributed by atoms with Gasteiger partial charge in [-0.25, -0.2) is 0 Å². The second-order valence-electron chi connectivity index (χ2n) is 24.3. The molecule has 0 saturated heterocycles. The van der Waals surface area contributed by atoms with Gasteiger partial charge in [0.15, 0.2) is 0 Å². The molecule has 0 saturated carbocycles. The predicted octanol–water partition coefficient (Wildman–Crippen LogP) is 26.3. The van der Waals surface area contributed by atoms with Crippen molar-refractivity contribution in [3.63, 3.8) is 0 Å². The zero-order valence-electron chi connectivity index (χ0n) is 52.1. The number of hydrogen-bond donors (Lipinski definition) is 0. The van der Waals surface area contributed by atoms with Gasteiger partial charge in [0.25, 0.3) is 0 Å². The normalized spacial score (nSPS) is 11.5. The fourth-order valence-electron chi connectivity index (χ4n) is 14.2. The number of rotatable bonds is 8. The monoisotopic (exact) mass is 1280 g/mol. The zero-order valence-corrected chi connectivity index (χ0v) is 54.6. The lowest BCUT2D eigenvalue weighted by Crippen LogP contribution is -1.94. The van der Waals surface area contributed by atoms with Gasteiger partial charge in [0.05, 0.1) is 33.1 Å². The first-order valence-electron chi connectivity index (χ1n) is 32.5. The van der Waals surface area contributed by atoms with E-state index in [9.17, 15) is 0 Å². The van der Waals surface area contributed by atoms with Crippen LogP contribution in [-0.2, 0) is 0 Å². The van der Waals surface area contributed by atoms with Crippen LogP contribution < -0.4 is 0 Å². The predicted molar refractivity (Wildman–Crippen MR) is 416 cm³/mol. The molecule has 0 unspecified atom stereocenters. The summed E-state index contributed by atoms with van der Waals surface area (Å²) in [6.07, 6.45) is 0. The van der Waals surface area contributed by atoms with Crippen LogP contribution in [0.2, 0.25) is 0 Å². The van der Waals surface area contributed by atoms with Crippen molar-refractivity contribution in [3.05, 3.63) is 358 Å². The molecule has 0 N–H and O–H groups in total. The Kier molecular flexibility index (Phi) is 14.5. The van der Waals surface area contributed by atoms with Gasteiger partial charge in [0, 0.05) is 78.1 Å². The Morgan fingerprint density at radius 1 is 0.177 bits per heavy atom. The van der Waals surface area contributed by atoms with Crippen LogP contribution >= 0.6 is 34.0 Å². The SMILES string of the molecule is c1ccc(-c2cc3ccc4c(c5ccccc5n4-c4ccccc4)c3s2)cc1.c1ccc(-c2ccc(-n3c4ccccc4c4c5sc(-c6ccccc6)cc5ccc43)cc2)cc1.c1ccc(-c2cccc(-n3c4ccccc4c4c5sc(-c6ccccc6)cc5ccc43)c2)cc1. The Morgan fingerprint density at radius 2 is 0.458 bits per heavy atom. The molecule has 6 aromatic heterocycles. The molecule has 0 radical (unpaired) electrons. The third kappa shape index (κ3) is 10.1. The Labute approximate surface area is 567 Å². The third-order valence-corrected chi connectivity index (χ3v) is 22.2. The molecule has 0 aliphatic rings. The summed E-state index contributed by atoms with van der Waals surface area (Å²) in [5.74, 6) is 0. The molecule has 0 amide bonds. The number of fused-ring (bicyclic) bond motifs is 15. The average molecular weight is 1280 g/mol. The molecule has 96 heavy (non-hydrogen) atoms. The molecular weight excluding hydrogens is 1220 g/mol. The highest BCUT2D eigenvalue weighted by molar-refractivity contribution is 7.24. The van der Waals surface area contributed by atoms with Crippen molar-refractivity contribution in [2.75, 3.05) is 0 Å². The molecule has 6 heteroatoms. The van der Waals surface area contributed by atoms with Crippen LogP contribution in [0.5, 0.6) is 0 Å². The number of hydrogen-bond acceptors (Lipinski definition) is 3. The summed E-state index contributed by atoms with van der Waals surface area (Å²) >= 11 is 5.67. The topological polar surface area (TPSA) is 14.8 Å². The minimum atomic E-state index is 1.19. The molecule has 0 aliphatic carbocycles. The molecule has 0 spiro atoms. The lowest BCUT2D eigenvalue weighted by molar-refractivity contribution is 1.18. The maximum atomic E-state index is 2.42. The largest absolute Gasteiger partial charge is 0.309 e. The Bertz CT molecular complexity index is 6220. The van der Waals surface area contributed by atoms with Crippen LogP contribution in [0, 0.1) is 0 Å². The summed E-state index contributed by atoms with van der Waals surface area (Å²) in [6, 6.07) is 129. The lowest BCUT2D eigenvalue weighted by atomic mass is 10.1. The standard InChI is InChI=1S/2C32H21NS.C26H17NS/c1-3-10-22(11-4-1)24-14-9-15-26(20-24)33-28-17-8-7-16-27(28)31-29(33)19-18-25-21-30(34-32(25)31)23-12-5-2-6-13-23;1-3-9-22(10-4-1)23-15-18-26(19-16-23)33-28-14-8-7-13-27(28)31-29(33)20-17-25-21-30(34-32(25)31)24-11-5-2-6-12-24;1-3-9-18(10-4-1)24-17-19-15-16-23-25(26(19)28-24)21-13-7-8-14-22(21)27(23)20-11-5-2-6-12-20/h2*1-21H;1-17H. The molecule has 14 aromatic carbocycles. The highest BCUT2D eigenvalue weighted by Crippen LogP contribution is 2.47. The summed E-state index contributed by atoms with van der Waals surface area (Å²) in [7, 11) is 0. The van der Waals surface area contributed by atoms with Crippen LogP contribution in [-0.4, -0.2) is 13.7 Å². The molecule has 0 bridgehead atoms. The van der Waals surface area contributed by atoms with Crippen LogP contribution in [0.15, 0.2) is 358 Å². The van der Waals surface area contributed by atoms with E-state index in [2.05, 4.69) is 372 Å². The van der Waals surface area contributed by atoms with Crippen LogP contribution in [0.25, 0.3) is 166 Å². The van der Waals surface area contributed by atoms with E-state index in [4.69, 9.17) is 0 Å². The molecule has 6 heterocycles. The van der Waals surface area contributed by atoms with Crippen LogP contribution in [0.4, 0.5) is 0 Å². The van der Waals surface area contributed by atoms with E-state index in [0.717, 1.165) is 0 Å². The Balaban J connectivity index is 0.000000106. The second-order valence-corrected chi connectivity index (χ2v) is 27.4. The fraction of sp³-hybridized carbons (Fsp3) is 0. The van der Waals surface area contributed by atoms with Crippen molar-refractivity contribution in [3.8, 4) is 70.6 Å². The highest BCUT2D eigenvalue weighted by Gasteiger charge is 2.21. The van der Waals surface area contributed by atoms with Crippen LogP contribution in [0.3, 0.4) is 0 Å². The smallest absolute Gasteiger partial charge is 0.0555 e. The van der Waals surface area contributed by atoms with Gasteiger partial charge in [-0.05, 0) is 146 Å². The summed E-state index contributed by atoms with van der Waals surface area (Å²) in [5.41, 5.74) is 19.8. The molecule has 3 nitrogen and oxygen atoms in total. The van der Waals surface area contributed by atoms with Crippen LogP contribution in [0.1, 0.15) is 0 Å². The zero-order chi connectivity index (χ0) is 63.5.